The van der Waals surface area contributed by atoms with Crippen LogP contribution in [0.15, 0.2) is 30.6 Å². The van der Waals surface area contributed by atoms with E-state index < -0.39 is 0 Å². The highest BCUT2D eigenvalue weighted by Crippen LogP contribution is 2.14. The van der Waals surface area contributed by atoms with E-state index in [0.717, 1.165) is 11.3 Å². The Hall–Kier alpha value is -2.84. The molecule has 0 aliphatic rings. The number of tetrazole rings is 2. The van der Waals surface area contributed by atoms with Gasteiger partial charge in [-0.15, -0.1) is 15.3 Å². The standard InChI is InChI=1S/C12H15N9/c1-19(2)11-5-3-4-10(6-11)7-20-12(15-16-18-20)8-21-14-9-13-17-21/h3-6,9H,7-8H2,1-2H3. The number of hydrogen-bond acceptors (Lipinski definition) is 7. The molecule has 0 saturated carbocycles. The highest BCUT2D eigenvalue weighted by molar-refractivity contribution is 5.47. The minimum Gasteiger partial charge on any atom is -0.378 e. The molecule has 0 fully saturated rings. The largest absolute Gasteiger partial charge is 0.378 e. The molecule has 0 unspecified atom stereocenters. The molecule has 3 rings (SSSR count). The Labute approximate surface area is 121 Å². The van der Waals surface area contributed by atoms with Gasteiger partial charge in [0.25, 0.3) is 0 Å². The molecular weight excluding hydrogens is 270 g/mol. The molecule has 0 amide bonds. The summed E-state index contributed by atoms with van der Waals surface area (Å²) in [6.45, 7) is 0.985. The molecule has 9 heteroatoms. The van der Waals surface area contributed by atoms with Crippen molar-refractivity contribution in [2.75, 3.05) is 19.0 Å². The van der Waals surface area contributed by atoms with Crippen LogP contribution in [0.25, 0.3) is 0 Å². The van der Waals surface area contributed by atoms with E-state index in [1.54, 1.807) is 4.68 Å². The van der Waals surface area contributed by atoms with Crippen LogP contribution in [-0.2, 0) is 13.1 Å². The molecule has 0 radical (unpaired) electrons. The Kier molecular flexibility index (Phi) is 3.54. The van der Waals surface area contributed by atoms with Crippen LogP contribution in [0.1, 0.15) is 11.4 Å². The second kappa shape index (κ2) is 5.65. The van der Waals surface area contributed by atoms with Crippen LogP contribution in [-0.4, -0.2) is 54.5 Å². The maximum Gasteiger partial charge on any atom is 0.175 e. The van der Waals surface area contributed by atoms with Crippen LogP contribution >= 0.6 is 0 Å². The molecule has 0 aliphatic heterocycles. The maximum absolute atomic E-state index is 4.02. The first-order chi connectivity index (χ1) is 10.2. The van der Waals surface area contributed by atoms with Crippen molar-refractivity contribution < 1.29 is 0 Å². The SMILES string of the molecule is CN(C)c1cccc(Cn2nnnc2Cn2ncnn2)c1. The first-order valence-electron chi connectivity index (χ1n) is 6.44. The highest BCUT2D eigenvalue weighted by Gasteiger charge is 2.09. The Bertz CT molecular complexity index is 701. The molecule has 3 aromatic rings. The third kappa shape index (κ3) is 3.02. The zero-order valence-corrected chi connectivity index (χ0v) is 11.8. The smallest absolute Gasteiger partial charge is 0.175 e. The van der Waals surface area contributed by atoms with Crippen molar-refractivity contribution in [2.45, 2.75) is 13.1 Å². The molecular formula is C12H15N9. The van der Waals surface area contributed by atoms with Gasteiger partial charge in [-0.05, 0) is 33.3 Å². The van der Waals surface area contributed by atoms with E-state index in [4.69, 9.17) is 0 Å². The Balaban J connectivity index is 1.79. The number of nitrogens with zero attached hydrogens (tertiary/aromatic N) is 9. The Morgan fingerprint density at radius 2 is 2.05 bits per heavy atom. The number of aromatic nitrogens is 8. The van der Waals surface area contributed by atoms with Gasteiger partial charge in [0, 0.05) is 19.8 Å². The van der Waals surface area contributed by atoms with Gasteiger partial charge in [-0.25, -0.2) is 4.68 Å². The zero-order chi connectivity index (χ0) is 14.7. The number of hydrogen-bond donors (Lipinski definition) is 0. The van der Waals surface area contributed by atoms with Crippen molar-refractivity contribution in [1.82, 2.24) is 40.4 Å². The third-order valence-electron chi connectivity index (χ3n) is 3.04. The molecule has 0 aliphatic carbocycles. The number of rotatable bonds is 5. The first-order valence-corrected chi connectivity index (χ1v) is 6.44. The quantitative estimate of drug-likeness (QED) is 0.642. The fourth-order valence-corrected chi connectivity index (χ4v) is 1.95. The predicted octanol–water partition coefficient (Wildman–Crippen LogP) is -0.178. The third-order valence-corrected chi connectivity index (χ3v) is 3.04. The molecule has 1 aromatic carbocycles. The lowest BCUT2D eigenvalue weighted by atomic mass is 10.2. The summed E-state index contributed by atoms with van der Waals surface area (Å²) in [6.07, 6.45) is 1.38. The molecule has 0 atom stereocenters. The van der Waals surface area contributed by atoms with Crippen molar-refractivity contribution in [3.63, 3.8) is 0 Å². The highest BCUT2D eigenvalue weighted by atomic mass is 15.6. The fourth-order valence-electron chi connectivity index (χ4n) is 1.95. The van der Waals surface area contributed by atoms with Gasteiger partial charge < -0.3 is 4.90 Å². The van der Waals surface area contributed by atoms with E-state index in [1.807, 2.05) is 26.2 Å². The van der Waals surface area contributed by atoms with Crippen LogP contribution in [0.2, 0.25) is 0 Å². The summed E-state index contributed by atoms with van der Waals surface area (Å²) in [5.74, 6) is 0.684. The maximum atomic E-state index is 4.02. The molecule has 0 spiro atoms. The van der Waals surface area contributed by atoms with Gasteiger partial charge in [0.1, 0.15) is 6.54 Å². The fraction of sp³-hybridized carbons (Fsp3) is 0.333. The molecule has 0 saturated heterocycles. The van der Waals surface area contributed by atoms with Crippen molar-refractivity contribution in [1.29, 1.82) is 0 Å². The van der Waals surface area contributed by atoms with E-state index in [1.165, 1.54) is 11.1 Å². The lowest BCUT2D eigenvalue weighted by molar-refractivity contribution is 0.521. The molecule has 108 valence electrons. The van der Waals surface area contributed by atoms with Gasteiger partial charge in [0.2, 0.25) is 0 Å². The van der Waals surface area contributed by atoms with Crippen molar-refractivity contribution in [3.8, 4) is 0 Å². The molecule has 2 aromatic heterocycles. The van der Waals surface area contributed by atoms with E-state index in [0.29, 0.717) is 18.9 Å². The molecule has 2 heterocycles. The van der Waals surface area contributed by atoms with E-state index in [9.17, 15) is 0 Å². The average Bonchev–Trinajstić information content (AvgIpc) is 3.12. The second-order valence-corrected chi connectivity index (χ2v) is 4.78. The van der Waals surface area contributed by atoms with Crippen LogP contribution < -0.4 is 4.90 Å². The van der Waals surface area contributed by atoms with E-state index in [-0.39, 0.29) is 0 Å². The second-order valence-electron chi connectivity index (χ2n) is 4.78. The molecule has 21 heavy (non-hydrogen) atoms. The minimum absolute atomic E-state index is 0.389. The summed E-state index contributed by atoms with van der Waals surface area (Å²) in [7, 11) is 4.02. The van der Waals surface area contributed by atoms with Crippen LogP contribution in [0, 0.1) is 0 Å². The molecule has 0 bridgehead atoms. The summed E-state index contributed by atoms with van der Waals surface area (Å²) in [5, 5.41) is 23.2. The summed E-state index contributed by atoms with van der Waals surface area (Å²) >= 11 is 0. The van der Waals surface area contributed by atoms with Gasteiger partial charge >= 0.3 is 0 Å². The average molecular weight is 285 g/mol. The molecule has 9 nitrogen and oxygen atoms in total. The Morgan fingerprint density at radius 3 is 2.81 bits per heavy atom. The van der Waals surface area contributed by atoms with Gasteiger partial charge in [-0.1, -0.05) is 12.1 Å². The summed E-state index contributed by atoms with van der Waals surface area (Å²) < 4.78 is 1.73. The Morgan fingerprint density at radius 1 is 1.14 bits per heavy atom. The lowest BCUT2D eigenvalue weighted by Gasteiger charge is -2.13. The number of benzene rings is 1. The lowest BCUT2D eigenvalue weighted by Crippen LogP contribution is -2.13. The summed E-state index contributed by atoms with van der Waals surface area (Å²) in [4.78, 5) is 3.50. The van der Waals surface area contributed by atoms with Gasteiger partial charge in [0.05, 0.1) is 6.54 Å². The predicted molar refractivity (Wildman–Crippen MR) is 74.6 cm³/mol. The van der Waals surface area contributed by atoms with Crippen LogP contribution in [0.3, 0.4) is 0 Å². The van der Waals surface area contributed by atoms with Crippen molar-refractivity contribution >= 4 is 5.69 Å². The number of anilines is 1. The zero-order valence-electron chi connectivity index (χ0n) is 11.8. The van der Waals surface area contributed by atoms with Gasteiger partial charge in [-0.2, -0.15) is 4.80 Å². The van der Waals surface area contributed by atoms with Crippen molar-refractivity contribution in [3.05, 3.63) is 42.0 Å². The molecule has 0 N–H and O–H groups in total. The van der Waals surface area contributed by atoms with Crippen LogP contribution in [0.4, 0.5) is 5.69 Å². The summed E-state index contributed by atoms with van der Waals surface area (Å²) in [5.41, 5.74) is 2.27. The minimum atomic E-state index is 0.389. The normalized spacial score (nSPS) is 10.8. The van der Waals surface area contributed by atoms with Crippen molar-refractivity contribution in [2.24, 2.45) is 0 Å². The first kappa shape index (κ1) is 13.2. The summed E-state index contributed by atoms with van der Waals surface area (Å²) in [6, 6.07) is 8.24. The van der Waals surface area contributed by atoms with E-state index in [2.05, 4.69) is 48.0 Å². The monoisotopic (exact) mass is 285 g/mol. The van der Waals surface area contributed by atoms with E-state index >= 15 is 0 Å². The van der Waals surface area contributed by atoms with Crippen LogP contribution in [0.5, 0.6) is 0 Å². The van der Waals surface area contributed by atoms with Gasteiger partial charge in [0.15, 0.2) is 12.2 Å². The van der Waals surface area contributed by atoms with Gasteiger partial charge in [-0.3, -0.25) is 0 Å². The topological polar surface area (TPSA) is 90.4 Å².